The van der Waals surface area contributed by atoms with Crippen molar-refractivity contribution < 1.29 is 18.7 Å². The molecule has 1 aromatic carbocycles. The number of carbonyl (C=O) groups is 2. The van der Waals surface area contributed by atoms with Crippen molar-refractivity contribution in [2.45, 2.75) is 52.9 Å². The maximum Gasteiger partial charge on any atom is 0.289 e. The Balaban J connectivity index is 1.41. The largest absolute Gasteiger partial charge is 0.497 e. The van der Waals surface area contributed by atoms with Crippen LogP contribution in [0.5, 0.6) is 5.75 Å². The SMILES string of the molecule is COc1ccc(CC2CCN(C(=O)c3oc4c(c3C)C(=O)CC(C)(C)C4)CC2)cc1. The van der Waals surface area contributed by atoms with Gasteiger partial charge in [-0.15, -0.1) is 0 Å². The van der Waals surface area contributed by atoms with Gasteiger partial charge < -0.3 is 14.1 Å². The molecule has 1 saturated heterocycles. The Bertz CT molecular complexity index is 946. The van der Waals surface area contributed by atoms with Crippen molar-refractivity contribution in [2.24, 2.45) is 11.3 Å². The topological polar surface area (TPSA) is 59.8 Å². The number of rotatable bonds is 4. The van der Waals surface area contributed by atoms with Crippen LogP contribution in [-0.2, 0) is 12.8 Å². The highest BCUT2D eigenvalue weighted by Gasteiger charge is 2.38. The van der Waals surface area contributed by atoms with Gasteiger partial charge >= 0.3 is 0 Å². The van der Waals surface area contributed by atoms with E-state index in [1.165, 1.54) is 5.56 Å². The van der Waals surface area contributed by atoms with Crippen LogP contribution in [0, 0.1) is 18.3 Å². The molecule has 1 aliphatic heterocycles. The molecule has 1 aliphatic carbocycles. The summed E-state index contributed by atoms with van der Waals surface area (Å²) in [4.78, 5) is 27.6. The molecule has 1 fully saturated rings. The van der Waals surface area contributed by atoms with Crippen molar-refractivity contribution >= 4 is 11.7 Å². The Morgan fingerprint density at radius 2 is 1.83 bits per heavy atom. The lowest BCUT2D eigenvalue weighted by atomic mass is 9.76. The number of nitrogens with zero attached hydrogens (tertiary/aromatic N) is 1. The van der Waals surface area contributed by atoms with Crippen molar-refractivity contribution in [3.8, 4) is 5.75 Å². The fourth-order valence-electron chi connectivity index (χ4n) is 4.87. The summed E-state index contributed by atoms with van der Waals surface area (Å²) in [6, 6.07) is 8.23. The number of ether oxygens (including phenoxy) is 1. The smallest absolute Gasteiger partial charge is 0.289 e. The van der Waals surface area contributed by atoms with Crippen molar-refractivity contribution in [3.63, 3.8) is 0 Å². The van der Waals surface area contributed by atoms with E-state index in [-0.39, 0.29) is 17.1 Å². The first-order valence-corrected chi connectivity index (χ1v) is 10.8. The molecule has 5 heteroatoms. The highest BCUT2D eigenvalue weighted by atomic mass is 16.5. The summed E-state index contributed by atoms with van der Waals surface area (Å²) in [7, 11) is 1.68. The third-order valence-electron chi connectivity index (χ3n) is 6.56. The first-order valence-electron chi connectivity index (χ1n) is 10.8. The molecule has 0 atom stereocenters. The summed E-state index contributed by atoms with van der Waals surface area (Å²) in [5.74, 6) is 2.51. The maximum atomic E-state index is 13.1. The van der Waals surface area contributed by atoms with Gasteiger partial charge in [-0.05, 0) is 55.2 Å². The lowest BCUT2D eigenvalue weighted by Gasteiger charge is -2.31. The molecule has 0 saturated carbocycles. The molecule has 1 aromatic heterocycles. The van der Waals surface area contributed by atoms with E-state index in [1.54, 1.807) is 7.11 Å². The van der Waals surface area contributed by atoms with Gasteiger partial charge in [0, 0.05) is 31.5 Å². The fourth-order valence-corrected chi connectivity index (χ4v) is 4.87. The zero-order valence-electron chi connectivity index (χ0n) is 18.4. The molecule has 0 spiro atoms. The first kappa shape index (κ1) is 20.7. The molecule has 0 bridgehead atoms. The number of methoxy groups -OCH3 is 1. The van der Waals surface area contributed by atoms with Crippen LogP contribution in [0.2, 0.25) is 0 Å². The fraction of sp³-hybridized carbons (Fsp3) is 0.520. The Kier molecular flexibility index (Phi) is 5.48. The molecular formula is C25H31NO4. The number of benzene rings is 1. The van der Waals surface area contributed by atoms with Crippen molar-refractivity contribution in [2.75, 3.05) is 20.2 Å². The highest BCUT2D eigenvalue weighted by Crippen LogP contribution is 2.39. The van der Waals surface area contributed by atoms with E-state index in [0.29, 0.717) is 35.8 Å². The summed E-state index contributed by atoms with van der Waals surface area (Å²) in [5.41, 5.74) is 2.55. The van der Waals surface area contributed by atoms with Gasteiger partial charge in [-0.2, -0.15) is 0 Å². The minimum absolute atomic E-state index is 0.0737. The molecule has 5 nitrogen and oxygen atoms in total. The second kappa shape index (κ2) is 7.93. The number of piperidine rings is 1. The average Bonchev–Trinajstić information content (AvgIpc) is 3.03. The van der Waals surface area contributed by atoms with E-state index >= 15 is 0 Å². The second-order valence-electron chi connectivity index (χ2n) is 9.58. The monoisotopic (exact) mass is 409 g/mol. The van der Waals surface area contributed by atoms with Crippen LogP contribution in [0.1, 0.15) is 70.9 Å². The second-order valence-corrected chi connectivity index (χ2v) is 9.58. The minimum Gasteiger partial charge on any atom is -0.497 e. The van der Waals surface area contributed by atoms with E-state index in [0.717, 1.165) is 43.7 Å². The summed E-state index contributed by atoms with van der Waals surface area (Å²) in [6.45, 7) is 7.44. The molecule has 0 radical (unpaired) electrons. The summed E-state index contributed by atoms with van der Waals surface area (Å²) >= 11 is 0. The number of amides is 1. The van der Waals surface area contributed by atoms with E-state index in [1.807, 2.05) is 24.0 Å². The van der Waals surface area contributed by atoms with Crippen LogP contribution >= 0.6 is 0 Å². The van der Waals surface area contributed by atoms with E-state index in [4.69, 9.17) is 9.15 Å². The number of furan rings is 1. The standard InChI is InChI=1S/C25H31NO4/c1-16-22-20(27)14-25(2,3)15-21(22)30-23(16)24(28)26-11-9-18(10-12-26)13-17-5-7-19(29-4)8-6-17/h5-8,18H,9-15H2,1-4H3. The van der Waals surface area contributed by atoms with Gasteiger partial charge in [-0.1, -0.05) is 26.0 Å². The number of carbonyl (C=O) groups excluding carboxylic acids is 2. The summed E-state index contributed by atoms with van der Waals surface area (Å²) in [6.07, 6.45) is 4.17. The zero-order valence-corrected chi connectivity index (χ0v) is 18.4. The quantitative estimate of drug-likeness (QED) is 0.724. The number of ketones is 1. The molecule has 4 rings (SSSR count). The predicted molar refractivity (Wildman–Crippen MR) is 115 cm³/mol. The number of hydrogen-bond donors (Lipinski definition) is 0. The molecule has 160 valence electrons. The van der Waals surface area contributed by atoms with Crippen LogP contribution in [0.25, 0.3) is 0 Å². The van der Waals surface area contributed by atoms with Gasteiger partial charge in [0.25, 0.3) is 5.91 Å². The Morgan fingerprint density at radius 3 is 2.47 bits per heavy atom. The van der Waals surface area contributed by atoms with Crippen LogP contribution in [0.3, 0.4) is 0 Å². The minimum atomic E-state index is -0.117. The van der Waals surface area contributed by atoms with Crippen molar-refractivity contribution in [3.05, 3.63) is 52.5 Å². The van der Waals surface area contributed by atoms with Gasteiger partial charge in [0.05, 0.1) is 12.7 Å². The van der Waals surface area contributed by atoms with Gasteiger partial charge in [-0.25, -0.2) is 0 Å². The van der Waals surface area contributed by atoms with Gasteiger partial charge in [0.2, 0.25) is 0 Å². The molecule has 1 amide bonds. The molecular weight excluding hydrogens is 378 g/mol. The molecule has 2 aliphatic rings. The zero-order chi connectivity index (χ0) is 21.5. The normalized spacial score (nSPS) is 18.9. The predicted octanol–water partition coefficient (Wildman–Crippen LogP) is 4.85. The molecule has 30 heavy (non-hydrogen) atoms. The molecule has 0 N–H and O–H groups in total. The lowest BCUT2D eigenvalue weighted by molar-refractivity contribution is 0.0653. The number of fused-ring (bicyclic) bond motifs is 1. The van der Waals surface area contributed by atoms with Crippen LogP contribution in [0.4, 0.5) is 0 Å². The van der Waals surface area contributed by atoms with E-state index < -0.39 is 0 Å². The third-order valence-corrected chi connectivity index (χ3v) is 6.56. The summed E-state index contributed by atoms with van der Waals surface area (Å²) in [5, 5.41) is 0. The summed E-state index contributed by atoms with van der Waals surface area (Å²) < 4.78 is 11.2. The van der Waals surface area contributed by atoms with Crippen LogP contribution in [0.15, 0.2) is 28.7 Å². The molecule has 2 aromatic rings. The highest BCUT2D eigenvalue weighted by molar-refractivity contribution is 6.03. The van der Waals surface area contributed by atoms with Gasteiger partial charge in [-0.3, -0.25) is 9.59 Å². The maximum absolute atomic E-state index is 13.1. The number of likely N-dealkylation sites (tertiary alicyclic amines) is 1. The van der Waals surface area contributed by atoms with Crippen molar-refractivity contribution in [1.29, 1.82) is 0 Å². The van der Waals surface area contributed by atoms with Gasteiger partial charge in [0.15, 0.2) is 11.5 Å². The van der Waals surface area contributed by atoms with E-state index in [9.17, 15) is 9.59 Å². The van der Waals surface area contributed by atoms with Crippen LogP contribution < -0.4 is 4.74 Å². The average molecular weight is 410 g/mol. The number of hydrogen-bond acceptors (Lipinski definition) is 4. The Labute approximate surface area is 178 Å². The van der Waals surface area contributed by atoms with Crippen molar-refractivity contribution in [1.82, 2.24) is 4.90 Å². The van der Waals surface area contributed by atoms with Crippen LogP contribution in [-0.4, -0.2) is 36.8 Å². The van der Waals surface area contributed by atoms with Gasteiger partial charge in [0.1, 0.15) is 11.5 Å². The Morgan fingerprint density at radius 1 is 1.17 bits per heavy atom. The third kappa shape index (κ3) is 4.03. The molecule has 2 heterocycles. The number of Topliss-reactive ketones (excluding diaryl/α,β-unsaturated/α-hetero) is 1. The van der Waals surface area contributed by atoms with E-state index in [2.05, 4.69) is 26.0 Å². The molecule has 0 unspecified atom stereocenters. The lowest BCUT2D eigenvalue weighted by Crippen LogP contribution is -2.39. The first-order chi connectivity index (χ1) is 14.3. The Hall–Kier alpha value is -2.56.